The normalized spacial score (nSPS) is 18.9. The highest BCUT2D eigenvalue weighted by Gasteiger charge is 2.42. The Morgan fingerprint density at radius 3 is 2.48 bits per heavy atom. The van der Waals surface area contributed by atoms with Crippen LogP contribution in [0.15, 0.2) is 57.9 Å². The molecule has 1 saturated heterocycles. The zero-order valence-corrected chi connectivity index (χ0v) is 22.1. The highest BCUT2D eigenvalue weighted by Crippen LogP contribution is 2.46. The number of rotatable bonds is 8. The van der Waals surface area contributed by atoms with Gasteiger partial charge in [0.2, 0.25) is 0 Å². The molecule has 2 aromatic carbocycles. The molecule has 33 heavy (non-hydrogen) atoms. The van der Waals surface area contributed by atoms with E-state index < -0.39 is 0 Å². The molecule has 1 fully saturated rings. The SMILES string of the molecule is CCCC[C@@H](CC)CN1C(=O)/C(=C2/C(=O)N(Cc3ccccc3)c3ccc(Br)cc32)SC1=S. The van der Waals surface area contributed by atoms with Crippen molar-refractivity contribution in [1.29, 1.82) is 0 Å². The van der Waals surface area contributed by atoms with Gasteiger partial charge in [-0.05, 0) is 36.1 Å². The number of hydrogen-bond acceptors (Lipinski definition) is 4. The number of thiocarbonyl (C=S) groups is 1. The van der Waals surface area contributed by atoms with E-state index in [0.29, 0.717) is 33.8 Å². The van der Waals surface area contributed by atoms with Gasteiger partial charge in [0.05, 0.1) is 22.7 Å². The summed E-state index contributed by atoms with van der Waals surface area (Å²) in [5.41, 5.74) is 3.10. The molecule has 172 valence electrons. The quantitative estimate of drug-likeness (QED) is 0.272. The summed E-state index contributed by atoms with van der Waals surface area (Å²) in [5.74, 6) is 0.119. The van der Waals surface area contributed by atoms with Crippen LogP contribution < -0.4 is 4.90 Å². The molecule has 0 spiro atoms. The van der Waals surface area contributed by atoms with E-state index in [1.54, 1.807) is 9.80 Å². The van der Waals surface area contributed by atoms with E-state index >= 15 is 0 Å². The van der Waals surface area contributed by atoms with Crippen LogP contribution in [0.2, 0.25) is 0 Å². The third kappa shape index (κ3) is 4.96. The Kier molecular flexibility index (Phi) is 7.72. The van der Waals surface area contributed by atoms with Crippen LogP contribution in [0.4, 0.5) is 5.69 Å². The molecule has 0 saturated carbocycles. The molecule has 0 radical (unpaired) electrons. The van der Waals surface area contributed by atoms with Gasteiger partial charge in [-0.25, -0.2) is 0 Å². The number of thioether (sulfide) groups is 1. The maximum atomic E-state index is 13.7. The number of hydrogen-bond donors (Lipinski definition) is 0. The van der Waals surface area contributed by atoms with Crippen LogP contribution in [0.5, 0.6) is 0 Å². The predicted octanol–water partition coefficient (Wildman–Crippen LogP) is 6.78. The summed E-state index contributed by atoms with van der Waals surface area (Å²) in [5, 5.41) is 0. The molecule has 4 rings (SSSR count). The predicted molar refractivity (Wildman–Crippen MR) is 144 cm³/mol. The first kappa shape index (κ1) is 24.2. The Morgan fingerprint density at radius 1 is 1.03 bits per heavy atom. The Hall–Kier alpha value is -1.96. The fourth-order valence-electron chi connectivity index (χ4n) is 4.33. The van der Waals surface area contributed by atoms with Gasteiger partial charge in [0, 0.05) is 16.6 Å². The molecule has 7 heteroatoms. The van der Waals surface area contributed by atoms with Crippen LogP contribution in [-0.4, -0.2) is 27.6 Å². The van der Waals surface area contributed by atoms with E-state index in [2.05, 4.69) is 29.8 Å². The first-order chi connectivity index (χ1) is 15.9. The second-order valence-electron chi connectivity index (χ2n) is 8.44. The van der Waals surface area contributed by atoms with Gasteiger partial charge in [0.15, 0.2) is 0 Å². The van der Waals surface area contributed by atoms with E-state index in [0.717, 1.165) is 47.0 Å². The lowest BCUT2D eigenvalue weighted by atomic mass is 9.98. The number of unbranched alkanes of at least 4 members (excludes halogenated alkanes) is 1. The van der Waals surface area contributed by atoms with Crippen LogP contribution in [0.3, 0.4) is 0 Å². The fraction of sp³-hybridized carbons (Fsp3) is 0.346. The lowest BCUT2D eigenvalue weighted by molar-refractivity contribution is -0.123. The van der Waals surface area contributed by atoms with E-state index in [9.17, 15) is 9.59 Å². The minimum Gasteiger partial charge on any atom is -0.303 e. The lowest BCUT2D eigenvalue weighted by Gasteiger charge is -2.21. The number of benzene rings is 2. The van der Waals surface area contributed by atoms with Crippen LogP contribution in [0.1, 0.15) is 50.7 Å². The molecule has 2 amide bonds. The third-order valence-electron chi connectivity index (χ3n) is 6.22. The first-order valence-corrected chi connectivity index (χ1v) is 13.4. The summed E-state index contributed by atoms with van der Waals surface area (Å²) in [4.78, 5) is 31.1. The summed E-state index contributed by atoms with van der Waals surface area (Å²) in [7, 11) is 0. The van der Waals surface area contributed by atoms with Crippen LogP contribution >= 0.6 is 39.9 Å². The topological polar surface area (TPSA) is 40.6 Å². The van der Waals surface area contributed by atoms with Crippen molar-refractivity contribution in [3.8, 4) is 0 Å². The molecule has 0 aromatic heterocycles. The molecule has 0 N–H and O–H groups in total. The summed E-state index contributed by atoms with van der Waals surface area (Å²) in [6.45, 7) is 5.41. The molecule has 2 aliphatic heterocycles. The van der Waals surface area contributed by atoms with Crippen molar-refractivity contribution in [3.63, 3.8) is 0 Å². The standard InChI is InChI=1S/C26H27BrN2O2S2/c1-3-5-9-17(4-2)15-29-25(31)23(33-26(29)32)22-20-14-19(27)12-13-21(20)28(24(22)30)16-18-10-7-6-8-11-18/h6-8,10-14,17H,3-5,9,15-16H2,1-2H3/b23-22-/t17-/m1/s1. The summed E-state index contributed by atoms with van der Waals surface area (Å²) in [6.07, 6.45) is 4.36. The molecule has 0 bridgehead atoms. The average molecular weight is 544 g/mol. The Labute approximate surface area is 213 Å². The van der Waals surface area contributed by atoms with Crippen molar-refractivity contribution >= 4 is 67.3 Å². The molecule has 4 nitrogen and oxygen atoms in total. The molecule has 2 aliphatic rings. The number of carbonyl (C=O) groups excluding carboxylic acids is 2. The van der Waals surface area contributed by atoms with Gasteiger partial charge < -0.3 is 4.90 Å². The molecule has 2 aromatic rings. The van der Waals surface area contributed by atoms with Gasteiger partial charge in [-0.1, -0.05) is 103 Å². The maximum absolute atomic E-state index is 13.7. The molecule has 1 atom stereocenters. The number of anilines is 1. The van der Waals surface area contributed by atoms with Crippen LogP contribution in [-0.2, 0) is 16.1 Å². The first-order valence-electron chi connectivity index (χ1n) is 11.4. The maximum Gasteiger partial charge on any atom is 0.267 e. The molecular weight excluding hydrogens is 516 g/mol. The molecular formula is C26H27BrN2O2S2. The molecule has 0 aliphatic carbocycles. The molecule has 2 heterocycles. The van der Waals surface area contributed by atoms with Crippen LogP contribution in [0.25, 0.3) is 5.57 Å². The Bertz CT molecular complexity index is 1120. The summed E-state index contributed by atoms with van der Waals surface area (Å²) < 4.78 is 1.41. The van der Waals surface area contributed by atoms with Gasteiger partial charge >= 0.3 is 0 Å². The van der Waals surface area contributed by atoms with Crippen molar-refractivity contribution in [2.75, 3.05) is 11.4 Å². The largest absolute Gasteiger partial charge is 0.303 e. The second kappa shape index (κ2) is 10.5. The van der Waals surface area contributed by atoms with E-state index in [1.807, 2.05) is 48.5 Å². The van der Waals surface area contributed by atoms with Crippen molar-refractivity contribution in [1.82, 2.24) is 4.90 Å². The minimum atomic E-state index is -0.148. The van der Waals surface area contributed by atoms with Crippen molar-refractivity contribution in [2.45, 2.75) is 46.1 Å². The van der Waals surface area contributed by atoms with Crippen molar-refractivity contribution in [2.24, 2.45) is 5.92 Å². The summed E-state index contributed by atoms with van der Waals surface area (Å²) in [6, 6.07) is 15.7. The third-order valence-corrected chi connectivity index (χ3v) is 8.16. The van der Waals surface area contributed by atoms with Gasteiger partial charge in [-0.3, -0.25) is 14.5 Å². The number of carbonyl (C=O) groups is 2. The zero-order valence-electron chi connectivity index (χ0n) is 18.8. The number of fused-ring (bicyclic) bond motifs is 1. The van der Waals surface area contributed by atoms with E-state index in [4.69, 9.17) is 12.2 Å². The fourth-order valence-corrected chi connectivity index (χ4v) is 6.04. The highest BCUT2D eigenvalue weighted by molar-refractivity contribution is 9.10. The average Bonchev–Trinajstić information content (AvgIpc) is 3.23. The van der Waals surface area contributed by atoms with Crippen LogP contribution in [0, 0.1) is 5.92 Å². The second-order valence-corrected chi connectivity index (χ2v) is 11.0. The monoisotopic (exact) mass is 542 g/mol. The van der Waals surface area contributed by atoms with E-state index in [-0.39, 0.29) is 11.8 Å². The van der Waals surface area contributed by atoms with E-state index in [1.165, 1.54) is 11.8 Å². The summed E-state index contributed by atoms with van der Waals surface area (Å²) >= 11 is 10.4. The number of amides is 2. The minimum absolute atomic E-state index is 0.143. The van der Waals surface area contributed by atoms with Crippen molar-refractivity contribution < 1.29 is 9.59 Å². The Balaban J connectivity index is 1.69. The highest BCUT2D eigenvalue weighted by atomic mass is 79.9. The smallest absolute Gasteiger partial charge is 0.267 e. The van der Waals surface area contributed by atoms with Gasteiger partial charge in [0.25, 0.3) is 11.8 Å². The molecule has 0 unspecified atom stereocenters. The zero-order chi connectivity index (χ0) is 23.5. The van der Waals surface area contributed by atoms with Gasteiger partial charge in [0.1, 0.15) is 4.32 Å². The lowest BCUT2D eigenvalue weighted by Crippen LogP contribution is -2.33. The number of nitrogens with zero attached hydrogens (tertiary/aromatic N) is 2. The number of halogens is 1. The Morgan fingerprint density at radius 2 is 1.79 bits per heavy atom. The van der Waals surface area contributed by atoms with Gasteiger partial charge in [-0.2, -0.15) is 0 Å². The van der Waals surface area contributed by atoms with Gasteiger partial charge in [-0.15, -0.1) is 0 Å². The van der Waals surface area contributed by atoms with Crippen molar-refractivity contribution in [3.05, 3.63) is 69.0 Å².